The lowest BCUT2D eigenvalue weighted by Gasteiger charge is -2.23. The fourth-order valence-electron chi connectivity index (χ4n) is 2.64. The van der Waals surface area contributed by atoms with Gasteiger partial charge in [-0.05, 0) is 36.5 Å². The number of benzene rings is 1. The van der Waals surface area contributed by atoms with E-state index in [1.807, 2.05) is 30.3 Å². The molecule has 1 aliphatic rings. The zero-order valence-corrected chi connectivity index (χ0v) is 13.2. The Morgan fingerprint density at radius 3 is 2.83 bits per heavy atom. The molecule has 2 aromatic rings. The highest BCUT2D eigenvalue weighted by atomic mass is 32.2. The number of fused-ring (bicyclic) bond motifs is 1. The summed E-state index contributed by atoms with van der Waals surface area (Å²) in [7, 11) is -3.53. The third kappa shape index (κ3) is 4.14. The Kier molecular flexibility index (Phi) is 4.40. The molecule has 0 amide bonds. The van der Waals surface area contributed by atoms with Crippen molar-refractivity contribution in [3.8, 4) is 0 Å². The third-order valence-corrected chi connectivity index (χ3v) is 4.90. The molecule has 2 N–H and O–H groups in total. The Bertz CT molecular complexity index is 873. The van der Waals surface area contributed by atoms with E-state index in [9.17, 15) is 13.2 Å². The fraction of sp³-hybridized carbons (Fsp3) is 0.250. The van der Waals surface area contributed by atoms with Gasteiger partial charge in [-0.3, -0.25) is 4.79 Å². The first-order chi connectivity index (χ1) is 11.0. The number of aryl methyl sites for hydroxylation is 1. The minimum absolute atomic E-state index is 0.225. The molecule has 6 nitrogen and oxygen atoms in total. The van der Waals surface area contributed by atoms with Crippen molar-refractivity contribution < 1.29 is 8.42 Å². The number of aromatic nitrogens is 2. The van der Waals surface area contributed by atoms with Gasteiger partial charge >= 0.3 is 0 Å². The summed E-state index contributed by atoms with van der Waals surface area (Å²) in [5.41, 5.74) is 2.19. The van der Waals surface area contributed by atoms with Gasteiger partial charge in [0.2, 0.25) is 10.0 Å². The van der Waals surface area contributed by atoms with E-state index in [0.717, 1.165) is 16.8 Å². The minimum Gasteiger partial charge on any atom is -0.268 e. The number of aromatic amines is 1. The summed E-state index contributed by atoms with van der Waals surface area (Å²) in [6, 6.07) is 10.5. The van der Waals surface area contributed by atoms with Crippen molar-refractivity contribution in [2.45, 2.75) is 25.3 Å². The number of rotatable bonds is 4. The summed E-state index contributed by atoms with van der Waals surface area (Å²) in [4.78, 5) is 11.3. The number of H-pyrrole nitrogens is 1. The van der Waals surface area contributed by atoms with E-state index in [2.05, 4.69) is 14.9 Å². The highest BCUT2D eigenvalue weighted by molar-refractivity contribution is 7.92. The molecule has 0 aliphatic heterocycles. The van der Waals surface area contributed by atoms with E-state index in [1.165, 1.54) is 11.5 Å². The van der Waals surface area contributed by atoms with Gasteiger partial charge in [0.05, 0.1) is 5.69 Å². The summed E-state index contributed by atoms with van der Waals surface area (Å²) >= 11 is 0. The molecule has 1 aromatic carbocycles. The molecule has 1 aliphatic carbocycles. The van der Waals surface area contributed by atoms with Crippen LogP contribution in [-0.4, -0.2) is 24.7 Å². The van der Waals surface area contributed by atoms with Crippen LogP contribution in [0.25, 0.3) is 6.08 Å². The predicted molar refractivity (Wildman–Crippen MR) is 88.2 cm³/mol. The molecule has 0 saturated carbocycles. The second-order valence-corrected chi connectivity index (χ2v) is 7.12. The lowest BCUT2D eigenvalue weighted by molar-refractivity contribution is 0.503. The molecule has 0 fully saturated rings. The Morgan fingerprint density at radius 1 is 1.26 bits per heavy atom. The van der Waals surface area contributed by atoms with Gasteiger partial charge in [-0.1, -0.05) is 30.3 Å². The molecule has 0 saturated heterocycles. The third-order valence-electron chi connectivity index (χ3n) is 3.74. The highest BCUT2D eigenvalue weighted by Gasteiger charge is 2.23. The lowest BCUT2D eigenvalue weighted by Crippen LogP contribution is -2.38. The Balaban J connectivity index is 1.69. The van der Waals surface area contributed by atoms with Crippen LogP contribution in [-0.2, 0) is 22.9 Å². The first-order valence-electron chi connectivity index (χ1n) is 7.35. The van der Waals surface area contributed by atoms with Gasteiger partial charge in [0.1, 0.15) is 0 Å². The van der Waals surface area contributed by atoms with Crippen LogP contribution in [0.15, 0.2) is 46.6 Å². The van der Waals surface area contributed by atoms with Crippen LogP contribution in [0.3, 0.4) is 0 Å². The van der Waals surface area contributed by atoms with Crippen LogP contribution >= 0.6 is 0 Å². The normalized spacial score (nSPS) is 18.0. The van der Waals surface area contributed by atoms with Crippen molar-refractivity contribution in [3.63, 3.8) is 0 Å². The Hall–Kier alpha value is -2.25. The molecule has 120 valence electrons. The molecule has 1 aromatic heterocycles. The average Bonchev–Trinajstić information content (AvgIpc) is 2.53. The number of hydrogen-bond acceptors (Lipinski definition) is 4. The van der Waals surface area contributed by atoms with Crippen LogP contribution in [0.4, 0.5) is 0 Å². The van der Waals surface area contributed by atoms with Crippen molar-refractivity contribution in [1.82, 2.24) is 14.9 Å². The molecular weight excluding hydrogens is 314 g/mol. The Labute approximate surface area is 134 Å². The fourth-order valence-corrected chi connectivity index (χ4v) is 3.73. The monoisotopic (exact) mass is 331 g/mol. The number of nitrogens with zero attached hydrogens (tertiary/aromatic N) is 1. The smallest absolute Gasteiger partial charge is 0.264 e. The minimum atomic E-state index is -3.53. The van der Waals surface area contributed by atoms with Gasteiger partial charge in [-0.2, -0.15) is 5.10 Å². The van der Waals surface area contributed by atoms with E-state index >= 15 is 0 Å². The van der Waals surface area contributed by atoms with Crippen molar-refractivity contribution in [2.75, 3.05) is 0 Å². The van der Waals surface area contributed by atoms with Crippen LogP contribution in [0.5, 0.6) is 0 Å². The van der Waals surface area contributed by atoms with Crippen LogP contribution in [0, 0.1) is 0 Å². The molecular formula is C16H17N3O3S. The van der Waals surface area contributed by atoms with E-state index < -0.39 is 10.0 Å². The molecule has 1 heterocycles. The van der Waals surface area contributed by atoms with Gasteiger partial charge in [0, 0.05) is 17.5 Å². The van der Waals surface area contributed by atoms with Gasteiger partial charge in [0.25, 0.3) is 5.56 Å². The maximum atomic E-state index is 12.2. The van der Waals surface area contributed by atoms with Gasteiger partial charge in [-0.15, -0.1) is 0 Å². The summed E-state index contributed by atoms with van der Waals surface area (Å²) in [5.74, 6) is 0. The van der Waals surface area contributed by atoms with E-state index in [1.54, 1.807) is 6.08 Å². The summed E-state index contributed by atoms with van der Waals surface area (Å²) in [5, 5.41) is 7.58. The molecule has 7 heteroatoms. The standard InChI is InChI=1S/C16H17N3O3S/c20-16-11-13-10-14(6-7-15(13)17-18-16)19-23(21,22)9-8-12-4-2-1-3-5-12/h1-5,8-9,11,14,19H,6-7,10H2,(H,18,20)/b9-8+. The number of sulfonamides is 1. The zero-order chi connectivity index (χ0) is 16.3. The molecule has 0 bridgehead atoms. The summed E-state index contributed by atoms with van der Waals surface area (Å²) in [6.07, 6.45) is 3.34. The van der Waals surface area contributed by atoms with Crippen molar-refractivity contribution in [1.29, 1.82) is 0 Å². The SMILES string of the molecule is O=c1cc2c(n[nH]1)CCC(NS(=O)(=O)/C=C/c1ccccc1)C2. The predicted octanol–water partition coefficient (Wildman–Crippen LogP) is 1.22. The quantitative estimate of drug-likeness (QED) is 0.881. The van der Waals surface area contributed by atoms with Crippen molar-refractivity contribution in [2.24, 2.45) is 0 Å². The largest absolute Gasteiger partial charge is 0.268 e. The van der Waals surface area contributed by atoms with Gasteiger partial charge in [0.15, 0.2) is 0 Å². The van der Waals surface area contributed by atoms with Crippen LogP contribution < -0.4 is 10.3 Å². The summed E-state index contributed by atoms with van der Waals surface area (Å²) in [6.45, 7) is 0. The second-order valence-electron chi connectivity index (χ2n) is 5.52. The van der Waals surface area contributed by atoms with E-state index in [4.69, 9.17) is 0 Å². The molecule has 0 radical (unpaired) electrons. The highest BCUT2D eigenvalue weighted by Crippen LogP contribution is 2.18. The molecule has 3 rings (SSSR count). The van der Waals surface area contributed by atoms with Crippen LogP contribution in [0.1, 0.15) is 23.2 Å². The van der Waals surface area contributed by atoms with Crippen molar-refractivity contribution in [3.05, 3.63) is 69.0 Å². The lowest BCUT2D eigenvalue weighted by atomic mass is 9.93. The summed E-state index contributed by atoms with van der Waals surface area (Å²) < 4.78 is 27.0. The maximum absolute atomic E-state index is 12.2. The Morgan fingerprint density at radius 2 is 2.04 bits per heavy atom. The first kappa shape index (κ1) is 15.6. The molecule has 0 spiro atoms. The zero-order valence-electron chi connectivity index (χ0n) is 12.4. The second kappa shape index (κ2) is 6.47. The average molecular weight is 331 g/mol. The first-order valence-corrected chi connectivity index (χ1v) is 8.89. The van der Waals surface area contributed by atoms with Crippen molar-refractivity contribution >= 4 is 16.1 Å². The topological polar surface area (TPSA) is 91.9 Å². The number of hydrogen-bond donors (Lipinski definition) is 2. The van der Waals surface area contributed by atoms with Crippen LogP contribution in [0.2, 0.25) is 0 Å². The molecule has 1 unspecified atom stereocenters. The van der Waals surface area contributed by atoms with Gasteiger partial charge < -0.3 is 0 Å². The molecule has 23 heavy (non-hydrogen) atoms. The molecule has 1 atom stereocenters. The maximum Gasteiger partial charge on any atom is 0.264 e. The number of nitrogens with one attached hydrogen (secondary N) is 2. The van der Waals surface area contributed by atoms with Gasteiger partial charge in [-0.25, -0.2) is 18.2 Å². The van der Waals surface area contributed by atoms with E-state index in [0.29, 0.717) is 19.3 Å². The van der Waals surface area contributed by atoms with E-state index in [-0.39, 0.29) is 11.6 Å².